The molecule has 128 valence electrons. The number of thioether (sulfide) groups is 1. The molecule has 0 radical (unpaired) electrons. The summed E-state index contributed by atoms with van der Waals surface area (Å²) in [4.78, 5) is 17.0. The van der Waals surface area contributed by atoms with E-state index in [1.807, 2.05) is 50.2 Å². The van der Waals surface area contributed by atoms with Crippen molar-refractivity contribution in [2.45, 2.75) is 37.6 Å². The predicted molar refractivity (Wildman–Crippen MR) is 102 cm³/mol. The molecule has 0 fully saturated rings. The number of hydrogen-bond donors (Lipinski definition) is 1. The minimum atomic E-state index is -0.242. The molecule has 0 saturated carbocycles. The molecule has 0 bridgehead atoms. The Morgan fingerprint density at radius 1 is 1.12 bits per heavy atom. The minimum Gasteiger partial charge on any atom is -0.293 e. The van der Waals surface area contributed by atoms with Gasteiger partial charge in [0.05, 0.1) is 5.25 Å². The van der Waals surface area contributed by atoms with Crippen LogP contribution in [-0.2, 0) is 6.42 Å². The number of hydrogen-bond acceptors (Lipinski definition) is 4. The van der Waals surface area contributed by atoms with Crippen LogP contribution in [0.5, 0.6) is 0 Å². The van der Waals surface area contributed by atoms with Crippen LogP contribution in [0.25, 0.3) is 11.4 Å². The monoisotopic (exact) mass is 351 g/mol. The van der Waals surface area contributed by atoms with Gasteiger partial charge in [0.2, 0.25) is 5.16 Å². The summed E-state index contributed by atoms with van der Waals surface area (Å²) >= 11 is 1.37. The molecular formula is C20H21N3OS. The lowest BCUT2D eigenvalue weighted by Crippen LogP contribution is -2.13. The Morgan fingerprint density at radius 3 is 2.44 bits per heavy atom. The fourth-order valence-corrected chi connectivity index (χ4v) is 3.29. The van der Waals surface area contributed by atoms with Gasteiger partial charge in [0.15, 0.2) is 11.6 Å². The van der Waals surface area contributed by atoms with E-state index in [0.29, 0.717) is 5.16 Å². The van der Waals surface area contributed by atoms with Crippen LogP contribution in [0, 0.1) is 6.92 Å². The van der Waals surface area contributed by atoms with Crippen molar-refractivity contribution in [2.24, 2.45) is 0 Å². The molecule has 0 aliphatic rings. The number of Topliss-reactive ketones (excluding diaryl/α,β-unsaturated/α-hetero) is 1. The van der Waals surface area contributed by atoms with E-state index in [9.17, 15) is 4.79 Å². The molecule has 1 aromatic heterocycles. The maximum absolute atomic E-state index is 12.5. The van der Waals surface area contributed by atoms with Crippen molar-refractivity contribution in [1.82, 2.24) is 15.2 Å². The van der Waals surface area contributed by atoms with E-state index >= 15 is 0 Å². The topological polar surface area (TPSA) is 58.6 Å². The molecule has 2 aromatic carbocycles. The number of nitrogens with zero attached hydrogens (tertiary/aromatic N) is 2. The number of rotatable bonds is 6. The lowest BCUT2D eigenvalue weighted by atomic mass is 10.1. The highest BCUT2D eigenvalue weighted by molar-refractivity contribution is 8.00. The van der Waals surface area contributed by atoms with E-state index in [4.69, 9.17) is 0 Å². The lowest BCUT2D eigenvalue weighted by Gasteiger charge is -2.07. The predicted octanol–water partition coefficient (Wildman–Crippen LogP) is 4.71. The average molecular weight is 351 g/mol. The molecule has 5 heteroatoms. The zero-order valence-electron chi connectivity index (χ0n) is 14.6. The Hall–Kier alpha value is -2.40. The second kappa shape index (κ2) is 7.66. The first-order chi connectivity index (χ1) is 12.1. The van der Waals surface area contributed by atoms with Gasteiger partial charge in [-0.05, 0) is 25.8 Å². The third kappa shape index (κ3) is 4.17. The van der Waals surface area contributed by atoms with Gasteiger partial charge in [0.25, 0.3) is 0 Å². The number of carbonyl (C=O) groups is 1. The van der Waals surface area contributed by atoms with Crippen LogP contribution in [0.2, 0.25) is 0 Å². The number of aryl methyl sites for hydroxylation is 2. The Labute approximate surface area is 152 Å². The first kappa shape index (κ1) is 17.4. The standard InChI is InChI=1S/C20H21N3OS/c1-4-15-7-11-17(12-8-15)19-21-20(23-22-19)25-14(3)18(24)16-9-5-13(2)6-10-16/h5-12,14H,4H2,1-3H3,(H,21,22,23)/t14-/m1/s1. The maximum Gasteiger partial charge on any atom is 0.209 e. The second-order valence-electron chi connectivity index (χ2n) is 6.01. The number of H-pyrrole nitrogens is 1. The van der Waals surface area contributed by atoms with Gasteiger partial charge in [-0.2, -0.15) is 0 Å². The van der Waals surface area contributed by atoms with Gasteiger partial charge in [-0.3, -0.25) is 9.89 Å². The summed E-state index contributed by atoms with van der Waals surface area (Å²) in [6, 6.07) is 15.9. The molecule has 0 amide bonds. The largest absolute Gasteiger partial charge is 0.293 e. The fraction of sp³-hybridized carbons (Fsp3) is 0.250. The van der Waals surface area contributed by atoms with E-state index in [-0.39, 0.29) is 11.0 Å². The van der Waals surface area contributed by atoms with E-state index in [1.54, 1.807) is 0 Å². The summed E-state index contributed by atoms with van der Waals surface area (Å²) in [5.74, 6) is 0.809. The quantitative estimate of drug-likeness (QED) is 0.516. The zero-order valence-corrected chi connectivity index (χ0v) is 15.4. The van der Waals surface area contributed by atoms with Crippen molar-refractivity contribution in [3.8, 4) is 11.4 Å². The average Bonchev–Trinajstić information content (AvgIpc) is 3.10. The molecule has 0 aliphatic heterocycles. The summed E-state index contributed by atoms with van der Waals surface area (Å²) < 4.78 is 0. The summed E-state index contributed by atoms with van der Waals surface area (Å²) in [7, 11) is 0. The Bertz CT molecular complexity index is 853. The van der Waals surface area contributed by atoms with Crippen molar-refractivity contribution < 1.29 is 4.79 Å². The fourth-order valence-electron chi connectivity index (χ4n) is 2.49. The molecule has 4 nitrogen and oxygen atoms in total. The minimum absolute atomic E-state index is 0.0867. The van der Waals surface area contributed by atoms with E-state index < -0.39 is 0 Å². The van der Waals surface area contributed by atoms with Crippen LogP contribution in [-0.4, -0.2) is 26.2 Å². The van der Waals surface area contributed by atoms with Crippen molar-refractivity contribution in [2.75, 3.05) is 0 Å². The van der Waals surface area contributed by atoms with Gasteiger partial charge in [-0.25, -0.2) is 4.98 Å². The summed E-state index contributed by atoms with van der Waals surface area (Å²) in [6.45, 7) is 6.03. The van der Waals surface area contributed by atoms with E-state index in [1.165, 1.54) is 17.3 Å². The molecule has 25 heavy (non-hydrogen) atoms. The van der Waals surface area contributed by atoms with Crippen molar-refractivity contribution in [1.29, 1.82) is 0 Å². The molecule has 0 spiro atoms. The first-order valence-electron chi connectivity index (χ1n) is 8.36. The van der Waals surface area contributed by atoms with Crippen LogP contribution in [0.15, 0.2) is 53.7 Å². The molecule has 3 aromatic rings. The Kier molecular flexibility index (Phi) is 5.34. The smallest absolute Gasteiger partial charge is 0.209 e. The second-order valence-corrected chi connectivity index (χ2v) is 7.32. The summed E-state index contributed by atoms with van der Waals surface area (Å²) in [6.07, 6.45) is 1.01. The van der Waals surface area contributed by atoms with Crippen LogP contribution < -0.4 is 0 Å². The summed E-state index contributed by atoms with van der Waals surface area (Å²) in [5.41, 5.74) is 4.14. The van der Waals surface area contributed by atoms with Crippen LogP contribution >= 0.6 is 11.8 Å². The first-order valence-corrected chi connectivity index (χ1v) is 9.24. The van der Waals surface area contributed by atoms with Gasteiger partial charge in [0, 0.05) is 11.1 Å². The molecular weight excluding hydrogens is 330 g/mol. The third-order valence-corrected chi connectivity index (χ3v) is 5.05. The van der Waals surface area contributed by atoms with Crippen LogP contribution in [0.1, 0.15) is 35.3 Å². The number of ketones is 1. The lowest BCUT2D eigenvalue weighted by molar-refractivity contribution is 0.0994. The highest BCUT2D eigenvalue weighted by atomic mass is 32.2. The van der Waals surface area contributed by atoms with Gasteiger partial charge in [0.1, 0.15) is 0 Å². The Morgan fingerprint density at radius 2 is 1.80 bits per heavy atom. The maximum atomic E-state index is 12.5. The summed E-state index contributed by atoms with van der Waals surface area (Å²) in [5, 5.41) is 7.54. The highest BCUT2D eigenvalue weighted by Gasteiger charge is 2.19. The van der Waals surface area contributed by atoms with Crippen LogP contribution in [0.4, 0.5) is 0 Å². The van der Waals surface area contributed by atoms with Gasteiger partial charge < -0.3 is 0 Å². The molecule has 1 heterocycles. The van der Waals surface area contributed by atoms with Crippen LogP contribution in [0.3, 0.4) is 0 Å². The molecule has 1 N–H and O–H groups in total. The van der Waals surface area contributed by atoms with E-state index in [0.717, 1.165) is 28.9 Å². The number of carbonyl (C=O) groups excluding carboxylic acids is 1. The van der Waals surface area contributed by atoms with Gasteiger partial charge >= 0.3 is 0 Å². The third-order valence-electron chi connectivity index (χ3n) is 4.09. The van der Waals surface area contributed by atoms with Crippen molar-refractivity contribution >= 4 is 17.5 Å². The number of aromatic nitrogens is 3. The highest BCUT2D eigenvalue weighted by Crippen LogP contribution is 2.25. The molecule has 0 aliphatic carbocycles. The SMILES string of the molecule is CCc1ccc(-c2nc(S[C@H](C)C(=O)c3ccc(C)cc3)n[nH]2)cc1. The molecule has 3 rings (SSSR count). The zero-order chi connectivity index (χ0) is 17.8. The molecule has 1 atom stereocenters. The Balaban J connectivity index is 1.69. The van der Waals surface area contributed by atoms with Crippen molar-refractivity contribution in [3.63, 3.8) is 0 Å². The molecule has 0 unspecified atom stereocenters. The van der Waals surface area contributed by atoms with Gasteiger partial charge in [-0.1, -0.05) is 72.8 Å². The number of aromatic amines is 1. The normalized spacial score (nSPS) is 12.1. The molecule has 0 saturated heterocycles. The van der Waals surface area contributed by atoms with Crippen molar-refractivity contribution in [3.05, 3.63) is 65.2 Å². The number of benzene rings is 2. The van der Waals surface area contributed by atoms with Gasteiger partial charge in [-0.15, -0.1) is 5.10 Å². The number of nitrogens with one attached hydrogen (secondary N) is 1. The van der Waals surface area contributed by atoms with E-state index in [2.05, 4.69) is 34.2 Å².